The maximum atomic E-state index is 3.65. The van der Waals surface area contributed by atoms with Gasteiger partial charge in [0, 0.05) is 0 Å². The lowest BCUT2D eigenvalue weighted by Crippen LogP contribution is -2.80. The van der Waals surface area contributed by atoms with Crippen LogP contribution >= 0.6 is 0 Å². The second-order valence-corrected chi connectivity index (χ2v) is 4.92. The lowest BCUT2D eigenvalue weighted by molar-refractivity contribution is -0.0788. The molecule has 4 heterocycles. The molecule has 0 unspecified atom stereocenters. The molecule has 3 heteroatoms. The van der Waals surface area contributed by atoms with Crippen molar-refractivity contribution in [2.75, 3.05) is 0 Å². The molecule has 3 N–H and O–H groups in total. The summed E-state index contributed by atoms with van der Waals surface area (Å²) in [6.45, 7) is 0. The summed E-state index contributed by atoms with van der Waals surface area (Å²) in [6.07, 6.45) is 6.25. The third kappa shape index (κ3) is 0.605. The number of rotatable bonds is 0. The van der Waals surface area contributed by atoms with Crippen LogP contribution in [-0.2, 0) is 0 Å². The molecular formula is C9H15N3. The van der Waals surface area contributed by atoms with Crippen molar-refractivity contribution in [1.29, 1.82) is 0 Å². The van der Waals surface area contributed by atoms with Gasteiger partial charge >= 0.3 is 0 Å². The van der Waals surface area contributed by atoms with E-state index in [2.05, 4.69) is 16.0 Å². The van der Waals surface area contributed by atoms with E-state index in [1.165, 1.54) is 19.3 Å². The SMILES string of the molecule is C1C2CC3CC1C1NC2NC3N1. The van der Waals surface area contributed by atoms with Crippen molar-refractivity contribution in [3.63, 3.8) is 0 Å². The Morgan fingerprint density at radius 2 is 0.917 bits per heavy atom. The van der Waals surface area contributed by atoms with Gasteiger partial charge in [0.1, 0.15) is 0 Å². The Hall–Kier alpha value is -0.120. The highest BCUT2D eigenvalue weighted by Crippen LogP contribution is 2.46. The van der Waals surface area contributed by atoms with Crippen LogP contribution in [0.25, 0.3) is 0 Å². The third-order valence-corrected chi connectivity index (χ3v) is 4.31. The van der Waals surface area contributed by atoms with Crippen LogP contribution in [-0.4, -0.2) is 18.5 Å². The molecule has 5 fully saturated rings. The third-order valence-electron chi connectivity index (χ3n) is 4.31. The van der Waals surface area contributed by atoms with Gasteiger partial charge in [-0.05, 0) is 37.0 Å². The molecule has 5 rings (SSSR count). The molecule has 12 heavy (non-hydrogen) atoms. The fourth-order valence-corrected chi connectivity index (χ4v) is 3.81. The van der Waals surface area contributed by atoms with Gasteiger partial charge in [-0.15, -0.1) is 0 Å². The minimum Gasteiger partial charge on any atom is -0.286 e. The van der Waals surface area contributed by atoms with Gasteiger partial charge in [0.2, 0.25) is 0 Å². The van der Waals surface area contributed by atoms with Gasteiger partial charge < -0.3 is 0 Å². The number of hydrogen-bond acceptors (Lipinski definition) is 3. The molecule has 0 spiro atoms. The molecule has 0 radical (unpaired) electrons. The summed E-state index contributed by atoms with van der Waals surface area (Å²) < 4.78 is 0. The van der Waals surface area contributed by atoms with Gasteiger partial charge in [0.05, 0.1) is 18.5 Å². The van der Waals surface area contributed by atoms with Crippen molar-refractivity contribution in [1.82, 2.24) is 16.0 Å². The molecule has 5 aliphatic rings. The van der Waals surface area contributed by atoms with E-state index in [9.17, 15) is 0 Å². The Morgan fingerprint density at radius 3 is 1.25 bits per heavy atom. The van der Waals surface area contributed by atoms with Crippen LogP contribution < -0.4 is 16.0 Å². The smallest absolute Gasteiger partial charge is 0.0625 e. The Balaban J connectivity index is 1.82. The van der Waals surface area contributed by atoms with Gasteiger partial charge in [-0.2, -0.15) is 0 Å². The van der Waals surface area contributed by atoms with Crippen molar-refractivity contribution < 1.29 is 0 Å². The zero-order valence-corrected chi connectivity index (χ0v) is 7.09. The molecule has 0 aromatic carbocycles. The Labute approximate surface area is 72.3 Å². The van der Waals surface area contributed by atoms with Crippen LogP contribution in [0.4, 0.5) is 0 Å². The molecule has 0 atom stereocenters. The van der Waals surface area contributed by atoms with Crippen molar-refractivity contribution in [2.24, 2.45) is 17.8 Å². The molecule has 0 aromatic heterocycles. The van der Waals surface area contributed by atoms with Crippen molar-refractivity contribution in [2.45, 2.75) is 37.8 Å². The van der Waals surface area contributed by atoms with Gasteiger partial charge in [-0.3, -0.25) is 16.0 Å². The average Bonchev–Trinajstić information content (AvgIpc) is 2.12. The average molecular weight is 165 g/mol. The first kappa shape index (κ1) is 6.35. The lowest BCUT2D eigenvalue weighted by atomic mass is 9.64. The van der Waals surface area contributed by atoms with Gasteiger partial charge in [0.25, 0.3) is 0 Å². The lowest BCUT2D eigenvalue weighted by Gasteiger charge is -2.61. The molecule has 1 saturated carbocycles. The monoisotopic (exact) mass is 165 g/mol. The molecule has 0 aromatic rings. The van der Waals surface area contributed by atoms with E-state index in [1.807, 2.05) is 0 Å². The summed E-state index contributed by atoms with van der Waals surface area (Å²) in [4.78, 5) is 0. The normalized spacial score (nSPS) is 66.0. The summed E-state index contributed by atoms with van der Waals surface area (Å²) in [7, 11) is 0. The second kappa shape index (κ2) is 1.86. The Morgan fingerprint density at radius 1 is 0.583 bits per heavy atom. The van der Waals surface area contributed by atoms with Crippen molar-refractivity contribution >= 4 is 0 Å². The van der Waals surface area contributed by atoms with Crippen LogP contribution in [0.2, 0.25) is 0 Å². The molecule has 1 aliphatic carbocycles. The van der Waals surface area contributed by atoms with E-state index >= 15 is 0 Å². The quantitative estimate of drug-likeness (QED) is 0.465. The second-order valence-electron chi connectivity index (χ2n) is 4.92. The van der Waals surface area contributed by atoms with Gasteiger partial charge in [-0.1, -0.05) is 0 Å². The van der Waals surface area contributed by atoms with Gasteiger partial charge in [-0.25, -0.2) is 0 Å². The van der Waals surface area contributed by atoms with E-state index in [4.69, 9.17) is 0 Å². The molecule has 3 nitrogen and oxygen atoms in total. The van der Waals surface area contributed by atoms with Crippen molar-refractivity contribution in [3.05, 3.63) is 0 Å². The highest BCUT2D eigenvalue weighted by Gasteiger charge is 2.53. The fourth-order valence-electron chi connectivity index (χ4n) is 3.81. The zero-order valence-electron chi connectivity index (χ0n) is 7.09. The number of hydrogen-bond donors (Lipinski definition) is 3. The van der Waals surface area contributed by atoms with Crippen LogP contribution in [0.15, 0.2) is 0 Å². The largest absolute Gasteiger partial charge is 0.286 e. The minimum absolute atomic E-state index is 0.633. The Bertz CT molecular complexity index is 156. The first-order valence-electron chi connectivity index (χ1n) is 5.18. The highest BCUT2D eigenvalue weighted by atomic mass is 15.4. The van der Waals surface area contributed by atoms with Crippen LogP contribution in [0.5, 0.6) is 0 Å². The highest BCUT2D eigenvalue weighted by molar-refractivity contribution is 5.07. The summed E-state index contributed by atoms with van der Waals surface area (Å²) >= 11 is 0. The maximum Gasteiger partial charge on any atom is 0.0625 e. The topological polar surface area (TPSA) is 36.1 Å². The molecule has 6 bridgehead atoms. The standard InChI is InChI=1S/C9H15N3/c1-4-2-6-3-5(1)8-10-7(4)11-9(6)12-8/h4-12H,1-3H2. The van der Waals surface area contributed by atoms with Crippen molar-refractivity contribution in [3.8, 4) is 0 Å². The molecular weight excluding hydrogens is 150 g/mol. The fraction of sp³-hybridized carbons (Fsp3) is 1.00. The van der Waals surface area contributed by atoms with Gasteiger partial charge in [0.15, 0.2) is 0 Å². The molecule has 66 valence electrons. The van der Waals surface area contributed by atoms with E-state index in [0.717, 1.165) is 17.8 Å². The predicted octanol–water partition coefficient (Wildman–Crippen LogP) is -0.193. The van der Waals surface area contributed by atoms with E-state index in [1.54, 1.807) is 0 Å². The van der Waals surface area contributed by atoms with E-state index < -0.39 is 0 Å². The summed E-state index contributed by atoms with van der Waals surface area (Å²) in [5, 5.41) is 10.9. The molecule has 0 amide bonds. The van der Waals surface area contributed by atoms with Crippen LogP contribution in [0, 0.1) is 17.8 Å². The summed E-state index contributed by atoms with van der Waals surface area (Å²) in [5.41, 5.74) is 0. The van der Waals surface area contributed by atoms with E-state index in [0.29, 0.717) is 18.5 Å². The molecule has 4 saturated heterocycles. The van der Waals surface area contributed by atoms with Crippen LogP contribution in [0.1, 0.15) is 19.3 Å². The maximum absolute atomic E-state index is 3.65. The number of nitrogens with one attached hydrogen (secondary N) is 3. The molecule has 4 aliphatic heterocycles. The van der Waals surface area contributed by atoms with E-state index in [-0.39, 0.29) is 0 Å². The Kier molecular flexibility index (Phi) is 0.986. The summed E-state index contributed by atoms with van der Waals surface area (Å²) in [6, 6.07) is 0. The summed E-state index contributed by atoms with van der Waals surface area (Å²) in [5.74, 6) is 2.80. The zero-order chi connectivity index (χ0) is 7.71. The predicted molar refractivity (Wildman–Crippen MR) is 45.1 cm³/mol. The first-order valence-corrected chi connectivity index (χ1v) is 5.18. The first-order chi connectivity index (χ1) is 5.90. The minimum atomic E-state index is 0.633. The van der Waals surface area contributed by atoms with Crippen LogP contribution in [0.3, 0.4) is 0 Å². The number of piperidine rings is 3.